The molecule has 0 aliphatic heterocycles. The van der Waals surface area contributed by atoms with Crippen LogP contribution < -0.4 is 10.5 Å². The lowest BCUT2D eigenvalue weighted by Gasteiger charge is -2.22. The lowest BCUT2D eigenvalue weighted by molar-refractivity contribution is -0.118. The highest BCUT2D eigenvalue weighted by Gasteiger charge is 2.17. The van der Waals surface area contributed by atoms with Gasteiger partial charge in [0.15, 0.2) is 0 Å². The van der Waals surface area contributed by atoms with E-state index in [4.69, 9.17) is 0 Å². The molecule has 0 saturated carbocycles. The Bertz CT molecular complexity index is 945. The average Bonchev–Trinajstić information content (AvgIpc) is 2.61. The molecule has 0 fully saturated rings. The number of aromatic amines is 1. The van der Waals surface area contributed by atoms with E-state index < -0.39 is 0 Å². The molecule has 3 rings (SSSR count). The van der Waals surface area contributed by atoms with Gasteiger partial charge in [0.25, 0.3) is 5.56 Å². The van der Waals surface area contributed by atoms with Crippen LogP contribution in [0.1, 0.15) is 30.9 Å². The summed E-state index contributed by atoms with van der Waals surface area (Å²) in [5.74, 6) is 0.0254. The summed E-state index contributed by atoms with van der Waals surface area (Å²) in [5, 5.41) is 0.977. The molecule has 0 aliphatic carbocycles. The number of H-pyrrole nitrogens is 1. The summed E-state index contributed by atoms with van der Waals surface area (Å²) in [6.45, 7) is 4.26. The summed E-state index contributed by atoms with van der Waals surface area (Å²) in [4.78, 5) is 29.7. The zero-order chi connectivity index (χ0) is 17.8. The van der Waals surface area contributed by atoms with Crippen molar-refractivity contribution in [3.05, 3.63) is 76.1 Å². The van der Waals surface area contributed by atoms with Crippen molar-refractivity contribution in [2.45, 2.75) is 33.2 Å². The van der Waals surface area contributed by atoms with Gasteiger partial charge < -0.3 is 9.88 Å². The van der Waals surface area contributed by atoms with E-state index in [-0.39, 0.29) is 18.0 Å². The maximum Gasteiger partial charge on any atom is 0.253 e. The second kappa shape index (κ2) is 7.34. The van der Waals surface area contributed by atoms with Gasteiger partial charge in [0.1, 0.15) is 0 Å². The number of nitrogens with zero attached hydrogens (tertiary/aromatic N) is 1. The van der Waals surface area contributed by atoms with Gasteiger partial charge in [0.2, 0.25) is 5.91 Å². The number of benzene rings is 2. The molecule has 0 saturated heterocycles. The molecule has 0 aliphatic rings. The van der Waals surface area contributed by atoms with Crippen molar-refractivity contribution in [1.82, 2.24) is 4.98 Å². The number of amides is 1. The van der Waals surface area contributed by atoms with Crippen molar-refractivity contribution in [2.75, 3.05) is 4.90 Å². The van der Waals surface area contributed by atoms with Gasteiger partial charge in [-0.05, 0) is 49.1 Å². The lowest BCUT2D eigenvalue weighted by atomic mass is 10.1. The summed E-state index contributed by atoms with van der Waals surface area (Å²) in [5.41, 5.74) is 3.19. The summed E-state index contributed by atoms with van der Waals surface area (Å²) in [7, 11) is 0. The van der Waals surface area contributed by atoms with Crippen LogP contribution >= 0.6 is 0 Å². The number of carbonyl (C=O) groups excluding carboxylic acids is 1. The topological polar surface area (TPSA) is 53.2 Å². The highest BCUT2D eigenvalue weighted by atomic mass is 16.2. The molecule has 25 heavy (non-hydrogen) atoms. The molecule has 1 amide bonds. The van der Waals surface area contributed by atoms with Crippen LogP contribution in [0.15, 0.2) is 59.4 Å². The van der Waals surface area contributed by atoms with Crippen LogP contribution in [0.5, 0.6) is 0 Å². The van der Waals surface area contributed by atoms with E-state index >= 15 is 0 Å². The Morgan fingerprint density at radius 2 is 1.84 bits per heavy atom. The molecule has 0 radical (unpaired) electrons. The van der Waals surface area contributed by atoms with Crippen molar-refractivity contribution in [3.63, 3.8) is 0 Å². The molecule has 0 spiro atoms. The second-order valence-corrected chi connectivity index (χ2v) is 6.28. The summed E-state index contributed by atoms with van der Waals surface area (Å²) in [6.07, 6.45) is 1.23. The van der Waals surface area contributed by atoms with E-state index in [9.17, 15) is 9.59 Å². The molecule has 4 nitrogen and oxygen atoms in total. The van der Waals surface area contributed by atoms with Crippen LogP contribution in [0.4, 0.5) is 5.69 Å². The number of rotatable bonds is 5. The first kappa shape index (κ1) is 17.0. The Labute approximate surface area is 147 Å². The quantitative estimate of drug-likeness (QED) is 0.761. The van der Waals surface area contributed by atoms with E-state index in [0.29, 0.717) is 12.0 Å². The third-order valence-electron chi connectivity index (χ3n) is 4.24. The highest BCUT2D eigenvalue weighted by molar-refractivity contribution is 5.93. The maximum absolute atomic E-state index is 12.6. The molecule has 2 aromatic carbocycles. The standard InChI is InChI=1S/C21H22N2O2/c1-3-7-20(24)23(18-8-5-4-6-9-18)14-17-13-16-12-15(2)10-11-19(16)22-21(17)25/h4-6,8-13H,3,7,14H2,1-2H3,(H,22,25). The van der Waals surface area contributed by atoms with Gasteiger partial charge in [-0.1, -0.05) is 36.8 Å². The van der Waals surface area contributed by atoms with Gasteiger partial charge in [0, 0.05) is 23.2 Å². The average molecular weight is 334 g/mol. The fourth-order valence-electron chi connectivity index (χ4n) is 2.94. The number of carbonyl (C=O) groups is 1. The Hall–Kier alpha value is -2.88. The second-order valence-electron chi connectivity index (χ2n) is 6.28. The van der Waals surface area contributed by atoms with Crippen molar-refractivity contribution < 1.29 is 4.79 Å². The zero-order valence-electron chi connectivity index (χ0n) is 14.6. The van der Waals surface area contributed by atoms with Crippen molar-refractivity contribution >= 4 is 22.5 Å². The van der Waals surface area contributed by atoms with E-state index in [0.717, 1.165) is 28.6 Å². The minimum atomic E-state index is -0.151. The number of hydrogen-bond donors (Lipinski definition) is 1. The first-order valence-corrected chi connectivity index (χ1v) is 8.56. The zero-order valence-corrected chi connectivity index (χ0v) is 14.6. The molecular weight excluding hydrogens is 312 g/mol. The minimum absolute atomic E-state index is 0.0254. The number of fused-ring (bicyclic) bond motifs is 1. The number of para-hydroxylation sites is 1. The fourth-order valence-corrected chi connectivity index (χ4v) is 2.94. The number of pyridine rings is 1. The van der Waals surface area contributed by atoms with Crippen molar-refractivity contribution in [2.24, 2.45) is 0 Å². The number of aryl methyl sites for hydroxylation is 1. The number of hydrogen-bond acceptors (Lipinski definition) is 2. The first-order chi connectivity index (χ1) is 12.1. The fraction of sp³-hybridized carbons (Fsp3) is 0.238. The van der Waals surface area contributed by atoms with Gasteiger partial charge >= 0.3 is 0 Å². The minimum Gasteiger partial charge on any atom is -0.322 e. The van der Waals surface area contributed by atoms with Gasteiger partial charge in [-0.25, -0.2) is 0 Å². The van der Waals surface area contributed by atoms with Crippen LogP contribution in [0.3, 0.4) is 0 Å². The van der Waals surface area contributed by atoms with E-state index in [1.54, 1.807) is 4.90 Å². The smallest absolute Gasteiger partial charge is 0.253 e. The van der Waals surface area contributed by atoms with Crippen LogP contribution in [0.25, 0.3) is 10.9 Å². The van der Waals surface area contributed by atoms with E-state index in [1.807, 2.05) is 68.4 Å². The summed E-state index contributed by atoms with van der Waals surface area (Å²) in [6, 6.07) is 17.3. The predicted octanol–water partition coefficient (Wildman–Crippen LogP) is 4.17. The molecule has 0 unspecified atom stereocenters. The van der Waals surface area contributed by atoms with Crippen molar-refractivity contribution in [3.8, 4) is 0 Å². The number of nitrogens with one attached hydrogen (secondary N) is 1. The monoisotopic (exact) mass is 334 g/mol. The SMILES string of the molecule is CCCC(=O)N(Cc1cc2cc(C)ccc2[nH]c1=O)c1ccccc1. The molecular formula is C21H22N2O2. The van der Waals surface area contributed by atoms with Crippen LogP contribution in [0, 0.1) is 6.92 Å². The van der Waals surface area contributed by atoms with Crippen LogP contribution in [-0.4, -0.2) is 10.9 Å². The Kier molecular flexibility index (Phi) is 4.98. The molecule has 0 bridgehead atoms. The Morgan fingerprint density at radius 3 is 2.56 bits per heavy atom. The highest BCUT2D eigenvalue weighted by Crippen LogP contribution is 2.19. The Morgan fingerprint density at radius 1 is 1.08 bits per heavy atom. The molecule has 3 aromatic rings. The van der Waals surface area contributed by atoms with Crippen LogP contribution in [-0.2, 0) is 11.3 Å². The summed E-state index contributed by atoms with van der Waals surface area (Å²) >= 11 is 0. The van der Waals surface area contributed by atoms with Gasteiger partial charge in [-0.15, -0.1) is 0 Å². The first-order valence-electron chi connectivity index (χ1n) is 8.56. The molecule has 1 N–H and O–H groups in total. The lowest BCUT2D eigenvalue weighted by Crippen LogP contribution is -2.32. The number of anilines is 1. The predicted molar refractivity (Wildman–Crippen MR) is 102 cm³/mol. The molecule has 0 atom stereocenters. The van der Waals surface area contributed by atoms with Gasteiger partial charge in [-0.3, -0.25) is 9.59 Å². The maximum atomic E-state index is 12.6. The van der Waals surface area contributed by atoms with E-state index in [1.165, 1.54) is 0 Å². The molecule has 128 valence electrons. The largest absolute Gasteiger partial charge is 0.322 e. The molecule has 4 heteroatoms. The molecule has 1 heterocycles. The summed E-state index contributed by atoms with van der Waals surface area (Å²) < 4.78 is 0. The van der Waals surface area contributed by atoms with Crippen LogP contribution in [0.2, 0.25) is 0 Å². The normalized spacial score (nSPS) is 10.8. The number of aromatic nitrogens is 1. The van der Waals surface area contributed by atoms with Crippen molar-refractivity contribution in [1.29, 1.82) is 0 Å². The third-order valence-corrected chi connectivity index (χ3v) is 4.24. The van der Waals surface area contributed by atoms with E-state index in [2.05, 4.69) is 4.98 Å². The third kappa shape index (κ3) is 3.79. The Balaban J connectivity index is 2.01. The van der Waals surface area contributed by atoms with Gasteiger partial charge in [-0.2, -0.15) is 0 Å². The van der Waals surface area contributed by atoms with Gasteiger partial charge in [0.05, 0.1) is 6.54 Å². The molecule has 1 aromatic heterocycles.